The third-order valence-corrected chi connectivity index (χ3v) is 3.62. The average molecular weight is 259 g/mol. The Labute approximate surface area is 107 Å². The molecule has 0 aliphatic heterocycles. The predicted octanol–water partition coefficient (Wildman–Crippen LogP) is 0.467. The number of carboxylic acid groups (broad SMARTS) is 1. The molecule has 0 radical (unpaired) electrons. The first-order valence-corrected chi connectivity index (χ1v) is 5.86. The van der Waals surface area contributed by atoms with Crippen LogP contribution in [0.25, 0.3) is 0 Å². The van der Waals surface area contributed by atoms with Gasteiger partial charge in [-0.25, -0.2) is 0 Å². The molecule has 1 saturated carbocycles. The summed E-state index contributed by atoms with van der Waals surface area (Å²) in [5.74, 6) is -2.30. The molecule has 104 valence electrons. The fourth-order valence-corrected chi connectivity index (χ4v) is 2.47. The summed E-state index contributed by atoms with van der Waals surface area (Å²) in [4.78, 5) is 23.0. The van der Waals surface area contributed by atoms with E-state index in [1.807, 2.05) is 0 Å². The zero-order valence-electron chi connectivity index (χ0n) is 11.4. The Morgan fingerprint density at radius 1 is 1.22 bits per heavy atom. The fraction of sp³-hybridized carbons (Fsp3) is 0.833. The van der Waals surface area contributed by atoms with Crippen molar-refractivity contribution in [2.45, 2.75) is 33.1 Å². The minimum atomic E-state index is -0.928. The van der Waals surface area contributed by atoms with Gasteiger partial charge in [-0.2, -0.15) is 0 Å². The van der Waals surface area contributed by atoms with Gasteiger partial charge >= 0.3 is 5.97 Å². The summed E-state index contributed by atoms with van der Waals surface area (Å²) in [7, 11) is 2.97. The van der Waals surface area contributed by atoms with Crippen LogP contribution >= 0.6 is 0 Å². The third kappa shape index (κ3) is 2.64. The predicted molar refractivity (Wildman–Crippen MR) is 63.8 cm³/mol. The largest absolute Gasteiger partial charge is 0.481 e. The van der Waals surface area contributed by atoms with Gasteiger partial charge < -0.3 is 19.9 Å². The highest BCUT2D eigenvalue weighted by Crippen LogP contribution is 2.58. The number of carbonyl (C=O) groups is 2. The first-order chi connectivity index (χ1) is 8.27. The first kappa shape index (κ1) is 14.9. The lowest BCUT2D eigenvalue weighted by Gasteiger charge is -2.22. The summed E-state index contributed by atoms with van der Waals surface area (Å²) in [5, 5.41) is 11.7. The molecule has 0 heterocycles. The Morgan fingerprint density at radius 3 is 2.06 bits per heavy atom. The molecule has 3 atom stereocenters. The van der Waals surface area contributed by atoms with E-state index in [0.717, 1.165) is 0 Å². The van der Waals surface area contributed by atoms with E-state index in [-0.39, 0.29) is 11.9 Å². The third-order valence-electron chi connectivity index (χ3n) is 3.62. The van der Waals surface area contributed by atoms with E-state index in [4.69, 9.17) is 14.6 Å². The van der Waals surface area contributed by atoms with Crippen molar-refractivity contribution >= 4 is 11.9 Å². The quantitative estimate of drug-likeness (QED) is 0.677. The zero-order chi connectivity index (χ0) is 14.1. The standard InChI is InChI=1S/C12H21NO5/c1-6(11(17-4)18-5)13-9(14)7-8(10(15)16)12(7,2)3/h6-8,11H,1-5H3,(H,13,14)(H,15,16)/t6?,7-,8+/m1/s1. The maximum Gasteiger partial charge on any atom is 0.307 e. The topological polar surface area (TPSA) is 84.9 Å². The summed E-state index contributed by atoms with van der Waals surface area (Å²) >= 11 is 0. The van der Waals surface area contributed by atoms with Crippen molar-refractivity contribution in [3.63, 3.8) is 0 Å². The van der Waals surface area contributed by atoms with E-state index in [1.54, 1.807) is 20.8 Å². The maximum atomic E-state index is 12.0. The maximum absolute atomic E-state index is 12.0. The summed E-state index contributed by atoms with van der Waals surface area (Å²) in [6.45, 7) is 5.32. The second-order valence-electron chi connectivity index (χ2n) is 5.25. The van der Waals surface area contributed by atoms with Crippen LogP contribution in [0.3, 0.4) is 0 Å². The van der Waals surface area contributed by atoms with Crippen LogP contribution in [-0.2, 0) is 19.1 Å². The van der Waals surface area contributed by atoms with Gasteiger partial charge in [0.15, 0.2) is 6.29 Å². The number of nitrogens with one attached hydrogen (secondary N) is 1. The molecule has 1 rings (SSSR count). The molecule has 6 heteroatoms. The fourth-order valence-electron chi connectivity index (χ4n) is 2.47. The molecule has 0 saturated heterocycles. The highest BCUT2D eigenvalue weighted by molar-refractivity contribution is 5.91. The summed E-state index contributed by atoms with van der Waals surface area (Å²) in [6.07, 6.45) is -0.543. The number of ether oxygens (including phenoxy) is 2. The number of aliphatic carboxylic acids is 1. The lowest BCUT2D eigenvalue weighted by molar-refractivity contribution is -0.142. The number of rotatable bonds is 6. The molecule has 1 unspecified atom stereocenters. The summed E-state index contributed by atoms with van der Waals surface area (Å²) in [5.41, 5.74) is -0.495. The molecule has 6 nitrogen and oxygen atoms in total. The van der Waals surface area contributed by atoms with E-state index >= 15 is 0 Å². The van der Waals surface area contributed by atoms with Gasteiger partial charge in [0.25, 0.3) is 0 Å². The lowest BCUT2D eigenvalue weighted by atomic mass is 10.1. The van der Waals surface area contributed by atoms with Crippen LogP contribution in [0.1, 0.15) is 20.8 Å². The van der Waals surface area contributed by atoms with Crippen LogP contribution < -0.4 is 5.32 Å². The number of hydrogen-bond donors (Lipinski definition) is 2. The second-order valence-corrected chi connectivity index (χ2v) is 5.25. The van der Waals surface area contributed by atoms with Gasteiger partial charge in [-0.15, -0.1) is 0 Å². The van der Waals surface area contributed by atoms with Crippen molar-refractivity contribution in [3.8, 4) is 0 Å². The molecule has 0 spiro atoms. The SMILES string of the molecule is COC(OC)C(C)NC(=O)[C@H]1[C@@H](C(=O)O)C1(C)C. The Hall–Kier alpha value is -1.14. The Balaban J connectivity index is 2.60. The number of carbonyl (C=O) groups excluding carboxylic acids is 1. The minimum Gasteiger partial charge on any atom is -0.481 e. The monoisotopic (exact) mass is 259 g/mol. The average Bonchev–Trinajstić information content (AvgIpc) is 2.83. The van der Waals surface area contributed by atoms with Crippen LogP contribution in [0.2, 0.25) is 0 Å². The van der Waals surface area contributed by atoms with Gasteiger partial charge in [-0.1, -0.05) is 13.8 Å². The molecule has 0 aromatic carbocycles. The number of methoxy groups -OCH3 is 2. The van der Waals surface area contributed by atoms with Gasteiger partial charge in [-0.05, 0) is 12.3 Å². The molecular weight excluding hydrogens is 238 g/mol. The minimum absolute atomic E-state index is 0.265. The second kappa shape index (κ2) is 5.24. The summed E-state index contributed by atoms with van der Waals surface area (Å²) < 4.78 is 10.1. The molecule has 1 aliphatic carbocycles. The molecule has 18 heavy (non-hydrogen) atoms. The smallest absolute Gasteiger partial charge is 0.307 e. The van der Waals surface area contributed by atoms with Crippen LogP contribution in [0.15, 0.2) is 0 Å². The van der Waals surface area contributed by atoms with Gasteiger partial charge in [0.2, 0.25) is 5.91 Å². The van der Waals surface area contributed by atoms with Gasteiger partial charge in [0, 0.05) is 14.2 Å². The molecule has 0 aromatic heterocycles. The van der Waals surface area contributed by atoms with E-state index in [0.29, 0.717) is 0 Å². The first-order valence-electron chi connectivity index (χ1n) is 5.86. The highest BCUT2D eigenvalue weighted by atomic mass is 16.7. The van der Waals surface area contributed by atoms with E-state index in [1.165, 1.54) is 14.2 Å². The molecule has 2 N–H and O–H groups in total. The van der Waals surface area contributed by atoms with E-state index in [9.17, 15) is 9.59 Å². The number of hydrogen-bond acceptors (Lipinski definition) is 4. The lowest BCUT2D eigenvalue weighted by Crippen LogP contribution is -2.44. The molecule has 0 aromatic rings. The number of carboxylic acids is 1. The van der Waals surface area contributed by atoms with Crippen LogP contribution in [0.5, 0.6) is 0 Å². The zero-order valence-corrected chi connectivity index (χ0v) is 11.4. The highest BCUT2D eigenvalue weighted by Gasteiger charge is 2.66. The van der Waals surface area contributed by atoms with Gasteiger partial charge in [0.05, 0.1) is 17.9 Å². The van der Waals surface area contributed by atoms with E-state index in [2.05, 4.69) is 5.32 Å². The van der Waals surface area contributed by atoms with Gasteiger partial charge in [0.1, 0.15) is 0 Å². The van der Waals surface area contributed by atoms with Crippen molar-refractivity contribution < 1.29 is 24.2 Å². The van der Waals surface area contributed by atoms with Crippen molar-refractivity contribution in [2.24, 2.45) is 17.3 Å². The Morgan fingerprint density at radius 2 is 1.72 bits per heavy atom. The van der Waals surface area contributed by atoms with Crippen molar-refractivity contribution in [1.82, 2.24) is 5.32 Å². The molecule has 0 bridgehead atoms. The Bertz CT molecular complexity index is 337. The van der Waals surface area contributed by atoms with Crippen molar-refractivity contribution in [3.05, 3.63) is 0 Å². The van der Waals surface area contributed by atoms with E-state index < -0.39 is 29.5 Å². The Kier molecular flexibility index (Phi) is 4.34. The molecule has 1 amide bonds. The summed E-state index contributed by atoms with van der Waals surface area (Å²) in [6, 6.07) is -0.335. The van der Waals surface area contributed by atoms with Crippen molar-refractivity contribution in [2.75, 3.05) is 14.2 Å². The van der Waals surface area contributed by atoms with Crippen molar-refractivity contribution in [1.29, 1.82) is 0 Å². The van der Waals surface area contributed by atoms with Crippen LogP contribution in [0, 0.1) is 17.3 Å². The van der Waals surface area contributed by atoms with Crippen LogP contribution in [-0.4, -0.2) is 43.5 Å². The number of amides is 1. The molecule has 1 aliphatic rings. The van der Waals surface area contributed by atoms with Crippen LogP contribution in [0.4, 0.5) is 0 Å². The molecule has 1 fully saturated rings. The van der Waals surface area contributed by atoms with Gasteiger partial charge in [-0.3, -0.25) is 9.59 Å². The normalized spacial score (nSPS) is 26.8. The molecular formula is C12H21NO5.